The highest BCUT2D eigenvalue weighted by atomic mass is 32.2. The van der Waals surface area contributed by atoms with Crippen molar-refractivity contribution in [3.05, 3.63) is 182 Å². The lowest BCUT2D eigenvalue weighted by Gasteiger charge is -2.23. The Balaban J connectivity index is 1.52. The number of hydrogen-bond donors (Lipinski definition) is 0. The summed E-state index contributed by atoms with van der Waals surface area (Å²) in [7, 11) is 0. The molecule has 0 radical (unpaired) electrons. The quantitative estimate of drug-likeness (QED) is 0.132. The van der Waals surface area contributed by atoms with Crippen LogP contribution in [0.3, 0.4) is 0 Å². The number of benzene rings is 8. The van der Waals surface area contributed by atoms with E-state index in [9.17, 15) is 0 Å². The zero-order chi connectivity index (χ0) is 34.9. The topological polar surface area (TPSA) is 9.23 Å². The standard InChI is InChI=1S/C48H34OS2/c1-5-33-37-23-15-17-25-39(37)35(7-3)45-41(33)27-29-43(50-31-19-11-9-12-20-31)47(45)49-48-44(51-32-21-13-10-14-22-32)30-28-42-34(6-2)38-24-16-18-26-40(38)36(8-4)46(42)48/h5-30H,1-4H2. The van der Waals surface area contributed by atoms with Gasteiger partial charge in [-0.2, -0.15) is 0 Å². The minimum atomic E-state index is 0.774. The molecule has 8 aromatic carbocycles. The van der Waals surface area contributed by atoms with E-state index >= 15 is 0 Å². The SMILES string of the molecule is C=Cc1c2ccccc2c(C=C)c2c(Oc3c(Sc4ccccc4)ccc4c(C=C)c5ccccc5c(C=C)c34)c(Sc3ccccc3)ccc12. The van der Waals surface area contributed by atoms with Gasteiger partial charge in [-0.05, 0) is 91.0 Å². The van der Waals surface area contributed by atoms with E-state index in [2.05, 4.69) is 148 Å². The first-order valence-corrected chi connectivity index (χ1v) is 18.4. The van der Waals surface area contributed by atoms with Crippen molar-refractivity contribution in [2.45, 2.75) is 19.6 Å². The van der Waals surface area contributed by atoms with Crippen LogP contribution in [0.5, 0.6) is 11.5 Å². The van der Waals surface area contributed by atoms with Crippen molar-refractivity contribution >= 4 is 90.9 Å². The fraction of sp³-hybridized carbons (Fsp3) is 0. The van der Waals surface area contributed by atoms with Crippen molar-refractivity contribution in [1.29, 1.82) is 0 Å². The van der Waals surface area contributed by atoms with Crippen LogP contribution in [0.15, 0.2) is 179 Å². The summed E-state index contributed by atoms with van der Waals surface area (Å²) in [6, 6.07) is 46.6. The summed E-state index contributed by atoms with van der Waals surface area (Å²) in [6.07, 6.45) is 7.83. The first-order chi connectivity index (χ1) is 25.1. The predicted molar refractivity (Wildman–Crippen MR) is 224 cm³/mol. The number of ether oxygens (including phenoxy) is 1. The summed E-state index contributed by atoms with van der Waals surface area (Å²) >= 11 is 3.39. The van der Waals surface area contributed by atoms with Crippen molar-refractivity contribution in [3.8, 4) is 11.5 Å². The van der Waals surface area contributed by atoms with Crippen LogP contribution in [-0.4, -0.2) is 0 Å². The van der Waals surface area contributed by atoms with Gasteiger partial charge in [-0.3, -0.25) is 0 Å². The van der Waals surface area contributed by atoms with E-state index in [-0.39, 0.29) is 0 Å². The molecule has 0 aliphatic heterocycles. The molecule has 51 heavy (non-hydrogen) atoms. The zero-order valence-electron chi connectivity index (χ0n) is 28.1. The molecule has 0 atom stereocenters. The zero-order valence-corrected chi connectivity index (χ0v) is 29.7. The molecule has 0 bridgehead atoms. The largest absolute Gasteiger partial charge is 0.454 e. The number of hydrogen-bond acceptors (Lipinski definition) is 3. The third-order valence-corrected chi connectivity index (χ3v) is 11.4. The predicted octanol–water partition coefficient (Wildman–Crippen LogP) is 15.0. The molecular formula is C48H34OS2. The van der Waals surface area contributed by atoms with Crippen LogP contribution in [0.25, 0.3) is 67.4 Å². The highest BCUT2D eigenvalue weighted by molar-refractivity contribution is 7.99. The summed E-state index contributed by atoms with van der Waals surface area (Å²) in [5, 5.41) is 8.58. The molecule has 8 aromatic rings. The monoisotopic (exact) mass is 690 g/mol. The van der Waals surface area contributed by atoms with Gasteiger partial charge in [0.25, 0.3) is 0 Å². The van der Waals surface area contributed by atoms with Crippen LogP contribution in [0.4, 0.5) is 0 Å². The Morgan fingerprint density at radius 2 is 0.686 bits per heavy atom. The fourth-order valence-corrected chi connectivity index (χ4v) is 8.98. The van der Waals surface area contributed by atoms with Gasteiger partial charge in [0, 0.05) is 20.6 Å². The van der Waals surface area contributed by atoms with Gasteiger partial charge >= 0.3 is 0 Å². The van der Waals surface area contributed by atoms with Crippen LogP contribution in [-0.2, 0) is 0 Å². The molecule has 0 aliphatic carbocycles. The molecule has 3 heteroatoms. The van der Waals surface area contributed by atoms with E-state index in [1.165, 1.54) is 0 Å². The molecule has 0 N–H and O–H groups in total. The second-order valence-electron chi connectivity index (χ2n) is 12.1. The Bertz CT molecular complexity index is 2490. The Morgan fingerprint density at radius 1 is 0.353 bits per heavy atom. The van der Waals surface area contributed by atoms with Crippen LogP contribution in [0.2, 0.25) is 0 Å². The second-order valence-corrected chi connectivity index (χ2v) is 14.4. The van der Waals surface area contributed by atoms with E-state index in [4.69, 9.17) is 4.74 Å². The smallest absolute Gasteiger partial charge is 0.149 e. The third kappa shape index (κ3) is 5.65. The summed E-state index contributed by atoms with van der Waals surface area (Å²) in [5.74, 6) is 1.55. The lowest BCUT2D eigenvalue weighted by Crippen LogP contribution is -1.98. The summed E-state index contributed by atoms with van der Waals surface area (Å²) in [4.78, 5) is 4.24. The van der Waals surface area contributed by atoms with Crippen molar-refractivity contribution in [1.82, 2.24) is 0 Å². The minimum Gasteiger partial charge on any atom is -0.454 e. The van der Waals surface area contributed by atoms with Crippen LogP contribution >= 0.6 is 23.5 Å². The molecule has 244 valence electrons. The maximum absolute atomic E-state index is 7.59. The molecule has 0 amide bonds. The van der Waals surface area contributed by atoms with Gasteiger partial charge < -0.3 is 4.74 Å². The van der Waals surface area contributed by atoms with E-state index in [1.807, 2.05) is 36.4 Å². The lowest BCUT2D eigenvalue weighted by molar-refractivity contribution is 0.471. The van der Waals surface area contributed by atoms with Crippen molar-refractivity contribution in [2.24, 2.45) is 0 Å². The average molecular weight is 691 g/mol. The fourth-order valence-electron chi connectivity index (χ4n) is 7.14. The molecule has 0 fully saturated rings. The Kier molecular flexibility index (Phi) is 8.83. The van der Waals surface area contributed by atoms with Gasteiger partial charge in [0.1, 0.15) is 11.5 Å². The molecule has 0 aromatic heterocycles. The summed E-state index contributed by atoms with van der Waals surface area (Å²) < 4.78 is 7.59. The maximum atomic E-state index is 7.59. The van der Waals surface area contributed by atoms with Crippen molar-refractivity contribution < 1.29 is 4.74 Å². The average Bonchev–Trinajstić information content (AvgIpc) is 3.18. The lowest BCUT2D eigenvalue weighted by atomic mass is 9.90. The van der Waals surface area contributed by atoms with Gasteiger partial charge in [-0.1, -0.05) is 171 Å². The minimum absolute atomic E-state index is 0.774. The van der Waals surface area contributed by atoms with E-state index < -0.39 is 0 Å². The van der Waals surface area contributed by atoms with Crippen LogP contribution in [0.1, 0.15) is 22.3 Å². The third-order valence-electron chi connectivity index (χ3n) is 9.34. The molecule has 8 rings (SSSR count). The normalized spacial score (nSPS) is 11.2. The number of rotatable bonds is 10. The molecule has 0 saturated carbocycles. The van der Waals surface area contributed by atoms with Gasteiger partial charge in [-0.25, -0.2) is 0 Å². The van der Waals surface area contributed by atoms with Crippen molar-refractivity contribution in [2.75, 3.05) is 0 Å². The molecule has 1 nitrogen and oxygen atoms in total. The molecule has 0 heterocycles. The Hall–Kier alpha value is -5.74. The van der Waals surface area contributed by atoms with Crippen LogP contribution in [0, 0.1) is 0 Å². The molecule has 0 aliphatic rings. The molecular weight excluding hydrogens is 657 g/mol. The van der Waals surface area contributed by atoms with Crippen molar-refractivity contribution in [3.63, 3.8) is 0 Å². The summed E-state index contributed by atoms with van der Waals surface area (Å²) in [5.41, 5.74) is 4.18. The number of fused-ring (bicyclic) bond motifs is 4. The van der Waals surface area contributed by atoms with Gasteiger partial charge in [0.15, 0.2) is 0 Å². The van der Waals surface area contributed by atoms with Gasteiger partial charge in [0.05, 0.1) is 9.79 Å². The van der Waals surface area contributed by atoms with E-state index in [1.54, 1.807) is 23.5 Å². The second kappa shape index (κ2) is 13.9. The molecule has 0 unspecified atom stereocenters. The Labute approximate surface area is 307 Å². The van der Waals surface area contributed by atoms with E-state index in [0.717, 1.165) is 96.4 Å². The first-order valence-electron chi connectivity index (χ1n) is 16.8. The maximum Gasteiger partial charge on any atom is 0.149 e. The Morgan fingerprint density at radius 3 is 1.04 bits per heavy atom. The first kappa shape index (κ1) is 32.5. The van der Waals surface area contributed by atoms with Gasteiger partial charge in [-0.15, -0.1) is 0 Å². The molecule has 0 spiro atoms. The van der Waals surface area contributed by atoms with Crippen LogP contribution < -0.4 is 4.74 Å². The highest BCUT2D eigenvalue weighted by Gasteiger charge is 2.24. The molecule has 0 saturated heterocycles. The summed E-state index contributed by atoms with van der Waals surface area (Å²) in [6.45, 7) is 17.2. The van der Waals surface area contributed by atoms with E-state index in [0.29, 0.717) is 0 Å². The highest BCUT2D eigenvalue weighted by Crippen LogP contribution is 2.52. The van der Waals surface area contributed by atoms with Gasteiger partial charge in [0.2, 0.25) is 0 Å².